The van der Waals surface area contributed by atoms with Crippen molar-refractivity contribution < 1.29 is 9.59 Å². The average Bonchev–Trinajstić information content (AvgIpc) is 3.10. The zero-order valence-electron chi connectivity index (χ0n) is 15.8. The van der Waals surface area contributed by atoms with E-state index in [4.69, 9.17) is 11.6 Å². The number of anilines is 1. The second-order valence-electron chi connectivity index (χ2n) is 6.77. The number of rotatable bonds is 6. The summed E-state index contributed by atoms with van der Waals surface area (Å²) in [5.41, 5.74) is 1.77. The molecule has 0 unspecified atom stereocenters. The predicted molar refractivity (Wildman–Crippen MR) is 112 cm³/mol. The lowest BCUT2D eigenvalue weighted by Crippen LogP contribution is -2.48. The Bertz CT molecular complexity index is 803. The molecule has 2 N–H and O–H groups in total. The van der Waals surface area contributed by atoms with E-state index < -0.39 is 0 Å². The first kappa shape index (κ1) is 20.6. The molecule has 150 valence electrons. The van der Waals surface area contributed by atoms with Crippen LogP contribution in [0.25, 0.3) is 0 Å². The highest BCUT2D eigenvalue weighted by atomic mass is 35.5. The summed E-state index contributed by atoms with van der Waals surface area (Å²) in [6.45, 7) is 3.70. The molecule has 3 rings (SSSR count). The average molecular weight is 422 g/mol. The van der Waals surface area contributed by atoms with Crippen LogP contribution >= 0.6 is 22.9 Å². The summed E-state index contributed by atoms with van der Waals surface area (Å²) in [5, 5.41) is 8.74. The Morgan fingerprint density at radius 1 is 1.18 bits per heavy atom. The fourth-order valence-electron chi connectivity index (χ4n) is 2.85. The molecule has 1 saturated heterocycles. The second kappa shape index (κ2) is 9.86. The monoisotopic (exact) mass is 421 g/mol. The van der Waals surface area contributed by atoms with Crippen molar-refractivity contribution in [1.29, 1.82) is 0 Å². The minimum absolute atomic E-state index is 0.0868. The number of amides is 3. The van der Waals surface area contributed by atoms with Gasteiger partial charge in [0.1, 0.15) is 0 Å². The van der Waals surface area contributed by atoms with E-state index in [0.717, 1.165) is 25.1 Å². The van der Waals surface area contributed by atoms with Gasteiger partial charge in [-0.25, -0.2) is 9.78 Å². The van der Waals surface area contributed by atoms with Gasteiger partial charge in [-0.1, -0.05) is 23.7 Å². The summed E-state index contributed by atoms with van der Waals surface area (Å²) in [7, 11) is 2.04. The first-order valence-electron chi connectivity index (χ1n) is 9.19. The minimum Gasteiger partial charge on any atom is -0.355 e. The smallest absolute Gasteiger partial charge is 0.323 e. The Labute approximate surface area is 173 Å². The Morgan fingerprint density at radius 3 is 2.61 bits per heavy atom. The minimum atomic E-state index is -0.138. The van der Waals surface area contributed by atoms with Gasteiger partial charge in [-0.05, 0) is 31.2 Å². The molecule has 1 aromatic heterocycles. The van der Waals surface area contributed by atoms with Gasteiger partial charge in [0.05, 0.1) is 12.1 Å². The molecule has 1 fully saturated rings. The lowest BCUT2D eigenvalue weighted by atomic mass is 10.1. The molecule has 3 amide bonds. The highest BCUT2D eigenvalue weighted by molar-refractivity contribution is 7.13. The lowest BCUT2D eigenvalue weighted by molar-refractivity contribution is -0.120. The molecule has 0 bridgehead atoms. The van der Waals surface area contributed by atoms with Crippen molar-refractivity contribution in [3.8, 4) is 0 Å². The Hall–Kier alpha value is -2.16. The number of likely N-dealkylation sites (N-methyl/N-ethyl adjacent to an activating group) is 1. The van der Waals surface area contributed by atoms with Gasteiger partial charge in [0.15, 0.2) is 5.13 Å². The van der Waals surface area contributed by atoms with E-state index in [0.29, 0.717) is 35.5 Å². The Kier molecular flexibility index (Phi) is 7.24. The largest absolute Gasteiger partial charge is 0.355 e. The van der Waals surface area contributed by atoms with Crippen LogP contribution in [0, 0.1) is 0 Å². The van der Waals surface area contributed by atoms with E-state index in [-0.39, 0.29) is 18.4 Å². The summed E-state index contributed by atoms with van der Waals surface area (Å²) in [5.74, 6) is -0.0868. The van der Waals surface area contributed by atoms with Crippen LogP contribution in [0.3, 0.4) is 0 Å². The quantitative estimate of drug-likeness (QED) is 0.751. The fraction of sp³-hybridized carbons (Fsp3) is 0.421. The molecule has 28 heavy (non-hydrogen) atoms. The van der Waals surface area contributed by atoms with Gasteiger partial charge < -0.3 is 15.1 Å². The van der Waals surface area contributed by atoms with Gasteiger partial charge >= 0.3 is 6.03 Å². The number of carbonyl (C=O) groups excluding carboxylic acids is 2. The number of aromatic nitrogens is 1. The zero-order valence-corrected chi connectivity index (χ0v) is 17.4. The molecule has 1 aromatic carbocycles. The molecule has 1 aliphatic rings. The van der Waals surface area contributed by atoms with E-state index in [2.05, 4.69) is 20.5 Å². The second-order valence-corrected chi connectivity index (χ2v) is 8.06. The van der Waals surface area contributed by atoms with Crippen molar-refractivity contribution in [2.24, 2.45) is 0 Å². The molecule has 0 saturated carbocycles. The van der Waals surface area contributed by atoms with Crippen molar-refractivity contribution in [1.82, 2.24) is 20.1 Å². The SMILES string of the molecule is CN1CCN(C(=O)Nc2nc(CC(=O)NCCc3ccc(Cl)cc3)cs2)CC1. The van der Waals surface area contributed by atoms with Gasteiger partial charge in [-0.15, -0.1) is 11.3 Å². The van der Waals surface area contributed by atoms with Crippen LogP contribution in [0.15, 0.2) is 29.6 Å². The van der Waals surface area contributed by atoms with Crippen molar-refractivity contribution in [3.63, 3.8) is 0 Å². The van der Waals surface area contributed by atoms with Crippen LogP contribution in [-0.2, 0) is 17.6 Å². The number of thiazole rings is 1. The number of urea groups is 1. The molecular weight excluding hydrogens is 398 g/mol. The van der Waals surface area contributed by atoms with Crippen molar-refractivity contribution in [2.45, 2.75) is 12.8 Å². The van der Waals surface area contributed by atoms with Gasteiger partial charge in [0, 0.05) is 43.1 Å². The predicted octanol–water partition coefficient (Wildman–Crippen LogP) is 2.48. The van der Waals surface area contributed by atoms with Crippen molar-refractivity contribution in [2.75, 3.05) is 45.1 Å². The molecular formula is C19H24ClN5O2S. The van der Waals surface area contributed by atoms with E-state index >= 15 is 0 Å². The van der Waals surface area contributed by atoms with Crippen LogP contribution in [-0.4, -0.2) is 66.5 Å². The zero-order chi connectivity index (χ0) is 19.9. The fourth-order valence-corrected chi connectivity index (χ4v) is 3.68. The molecule has 0 spiro atoms. The maximum Gasteiger partial charge on any atom is 0.323 e. The highest BCUT2D eigenvalue weighted by Gasteiger charge is 2.20. The van der Waals surface area contributed by atoms with Crippen LogP contribution in [0.5, 0.6) is 0 Å². The van der Waals surface area contributed by atoms with Crippen LogP contribution < -0.4 is 10.6 Å². The molecule has 0 atom stereocenters. The van der Waals surface area contributed by atoms with E-state index in [1.807, 2.05) is 31.3 Å². The topological polar surface area (TPSA) is 77.6 Å². The third kappa shape index (κ3) is 6.19. The number of carbonyl (C=O) groups is 2. The Balaban J connectivity index is 1.40. The number of piperazine rings is 1. The summed E-state index contributed by atoms with van der Waals surface area (Å²) in [4.78, 5) is 32.7. The van der Waals surface area contributed by atoms with Gasteiger partial charge in [-0.2, -0.15) is 0 Å². The number of nitrogens with zero attached hydrogens (tertiary/aromatic N) is 3. The van der Waals surface area contributed by atoms with Gasteiger partial charge in [0.2, 0.25) is 5.91 Å². The van der Waals surface area contributed by atoms with E-state index in [1.165, 1.54) is 11.3 Å². The number of hydrogen-bond donors (Lipinski definition) is 2. The van der Waals surface area contributed by atoms with Crippen LogP contribution in [0.2, 0.25) is 5.02 Å². The standard InChI is InChI=1S/C19H24ClN5O2S/c1-24-8-10-25(11-9-24)19(27)23-18-22-16(13-28-18)12-17(26)21-7-6-14-2-4-15(20)5-3-14/h2-5,13H,6-12H2,1H3,(H,21,26)(H,22,23,27). The van der Waals surface area contributed by atoms with Gasteiger partial charge in [-0.3, -0.25) is 10.1 Å². The molecule has 9 heteroatoms. The maximum atomic E-state index is 12.3. The molecule has 7 nitrogen and oxygen atoms in total. The molecule has 0 radical (unpaired) electrons. The number of benzene rings is 1. The molecule has 1 aliphatic heterocycles. The van der Waals surface area contributed by atoms with E-state index in [9.17, 15) is 9.59 Å². The summed E-state index contributed by atoms with van der Waals surface area (Å²) >= 11 is 7.20. The number of halogens is 1. The Morgan fingerprint density at radius 2 is 1.89 bits per heavy atom. The highest BCUT2D eigenvalue weighted by Crippen LogP contribution is 2.17. The van der Waals surface area contributed by atoms with E-state index in [1.54, 1.807) is 10.3 Å². The van der Waals surface area contributed by atoms with Crippen molar-refractivity contribution in [3.05, 3.63) is 45.9 Å². The lowest BCUT2D eigenvalue weighted by Gasteiger charge is -2.32. The number of hydrogen-bond acceptors (Lipinski definition) is 5. The normalized spacial score (nSPS) is 14.7. The van der Waals surface area contributed by atoms with Crippen molar-refractivity contribution >= 4 is 40.0 Å². The summed E-state index contributed by atoms with van der Waals surface area (Å²) in [6, 6.07) is 7.44. The van der Waals surface area contributed by atoms with Crippen LogP contribution in [0.1, 0.15) is 11.3 Å². The van der Waals surface area contributed by atoms with Crippen LogP contribution in [0.4, 0.5) is 9.93 Å². The summed E-state index contributed by atoms with van der Waals surface area (Å²) in [6.07, 6.45) is 0.938. The third-order valence-corrected chi connectivity index (χ3v) is 5.61. The molecule has 2 aromatic rings. The third-order valence-electron chi connectivity index (χ3n) is 4.55. The summed E-state index contributed by atoms with van der Waals surface area (Å²) < 4.78 is 0. The maximum absolute atomic E-state index is 12.3. The van der Waals surface area contributed by atoms with Gasteiger partial charge in [0.25, 0.3) is 0 Å². The first-order valence-corrected chi connectivity index (χ1v) is 10.5. The number of nitrogens with one attached hydrogen (secondary N) is 2. The molecule has 0 aliphatic carbocycles. The first-order chi connectivity index (χ1) is 13.5. The molecule has 2 heterocycles.